The Kier molecular flexibility index (Phi) is 2.75. The molecule has 0 saturated carbocycles. The van der Waals surface area contributed by atoms with E-state index in [0.29, 0.717) is 10.3 Å². The lowest BCUT2D eigenvalue weighted by Crippen LogP contribution is -1.97. The van der Waals surface area contributed by atoms with Gasteiger partial charge in [-0.25, -0.2) is 9.67 Å². The Labute approximate surface area is 116 Å². The molecule has 19 heavy (non-hydrogen) atoms. The Morgan fingerprint density at radius 3 is 2.63 bits per heavy atom. The molecule has 6 nitrogen and oxygen atoms in total. The van der Waals surface area contributed by atoms with E-state index in [2.05, 4.69) is 26.0 Å². The summed E-state index contributed by atoms with van der Waals surface area (Å²) >= 11 is 3.37. The fourth-order valence-electron chi connectivity index (χ4n) is 1.81. The van der Waals surface area contributed by atoms with Gasteiger partial charge in [-0.2, -0.15) is 5.10 Å². The van der Waals surface area contributed by atoms with Crippen LogP contribution in [-0.2, 0) is 0 Å². The summed E-state index contributed by atoms with van der Waals surface area (Å²) in [5.74, 6) is 0. The molecule has 3 rings (SSSR count). The van der Waals surface area contributed by atoms with Crippen LogP contribution >= 0.6 is 15.9 Å². The molecule has 0 amide bonds. The van der Waals surface area contributed by atoms with Crippen LogP contribution in [0.1, 0.15) is 0 Å². The lowest BCUT2D eigenvalue weighted by atomic mass is 10.3. The van der Waals surface area contributed by atoms with Gasteiger partial charge in [-0.05, 0) is 40.2 Å². The van der Waals surface area contributed by atoms with Gasteiger partial charge in [0, 0.05) is 18.3 Å². The normalized spacial score (nSPS) is 10.8. The summed E-state index contributed by atoms with van der Waals surface area (Å²) in [6.45, 7) is 0. The topological polar surface area (TPSA) is 73.8 Å². The summed E-state index contributed by atoms with van der Waals surface area (Å²) in [4.78, 5) is 14.5. The quantitative estimate of drug-likeness (QED) is 0.537. The average molecular weight is 319 g/mol. The molecule has 0 aliphatic carbocycles. The summed E-state index contributed by atoms with van der Waals surface area (Å²) in [7, 11) is 0. The Morgan fingerprint density at radius 2 is 1.95 bits per heavy atom. The van der Waals surface area contributed by atoms with Crippen LogP contribution in [0.2, 0.25) is 0 Å². The van der Waals surface area contributed by atoms with Crippen molar-refractivity contribution < 1.29 is 4.92 Å². The maximum atomic E-state index is 10.6. The van der Waals surface area contributed by atoms with E-state index in [-0.39, 0.29) is 5.69 Å². The first-order valence-corrected chi connectivity index (χ1v) is 6.20. The second kappa shape index (κ2) is 4.43. The number of non-ortho nitro benzene ring substituents is 1. The first-order valence-electron chi connectivity index (χ1n) is 5.41. The highest BCUT2D eigenvalue weighted by molar-refractivity contribution is 9.10. The highest BCUT2D eigenvalue weighted by atomic mass is 79.9. The molecule has 7 heteroatoms. The monoisotopic (exact) mass is 318 g/mol. The van der Waals surface area contributed by atoms with Gasteiger partial charge in [-0.3, -0.25) is 10.1 Å². The van der Waals surface area contributed by atoms with Gasteiger partial charge in [-0.15, -0.1) is 0 Å². The molecule has 0 aliphatic heterocycles. The molecule has 0 bridgehead atoms. The molecule has 0 atom stereocenters. The van der Waals surface area contributed by atoms with E-state index in [0.717, 1.165) is 11.1 Å². The minimum absolute atomic E-state index is 0.0484. The summed E-state index contributed by atoms with van der Waals surface area (Å²) in [5, 5.41) is 15.9. The van der Waals surface area contributed by atoms with Gasteiger partial charge >= 0.3 is 0 Å². The van der Waals surface area contributed by atoms with Gasteiger partial charge < -0.3 is 0 Å². The zero-order chi connectivity index (χ0) is 13.4. The van der Waals surface area contributed by atoms with Crippen molar-refractivity contribution in [2.24, 2.45) is 0 Å². The summed E-state index contributed by atoms with van der Waals surface area (Å²) in [6, 6.07) is 9.91. The minimum Gasteiger partial charge on any atom is -0.258 e. The molecular formula is C12H7BrN4O2. The Morgan fingerprint density at radius 1 is 1.21 bits per heavy atom. The van der Waals surface area contributed by atoms with Crippen molar-refractivity contribution in [2.75, 3.05) is 0 Å². The molecule has 94 valence electrons. The smallest absolute Gasteiger partial charge is 0.258 e. The van der Waals surface area contributed by atoms with Gasteiger partial charge in [0.15, 0.2) is 5.65 Å². The molecule has 0 saturated heterocycles. The predicted molar refractivity (Wildman–Crippen MR) is 73.2 cm³/mol. The largest absolute Gasteiger partial charge is 0.269 e. The van der Waals surface area contributed by atoms with Crippen LogP contribution in [0.15, 0.2) is 47.2 Å². The SMILES string of the molecule is O=[N+]([O-])c1ccc(-n2nc(Br)c3cccnc32)cc1. The highest BCUT2D eigenvalue weighted by Crippen LogP contribution is 2.24. The number of fused-ring (bicyclic) bond motifs is 1. The standard InChI is InChI=1S/C12H7BrN4O2/c13-11-10-2-1-7-14-12(10)16(15-11)8-3-5-9(6-4-8)17(18)19/h1-7H. The Hall–Kier alpha value is -2.28. The lowest BCUT2D eigenvalue weighted by Gasteiger charge is -2.01. The number of hydrogen-bond acceptors (Lipinski definition) is 4. The zero-order valence-corrected chi connectivity index (χ0v) is 11.1. The maximum absolute atomic E-state index is 10.6. The minimum atomic E-state index is -0.431. The van der Waals surface area contributed by atoms with Crippen molar-refractivity contribution in [3.05, 3.63) is 57.3 Å². The van der Waals surface area contributed by atoms with E-state index >= 15 is 0 Å². The van der Waals surface area contributed by atoms with E-state index in [9.17, 15) is 10.1 Å². The first kappa shape index (κ1) is 11.8. The molecule has 2 aromatic heterocycles. The van der Waals surface area contributed by atoms with Crippen molar-refractivity contribution in [1.29, 1.82) is 0 Å². The van der Waals surface area contributed by atoms with Gasteiger partial charge in [0.25, 0.3) is 5.69 Å². The number of halogens is 1. The number of nitrogens with zero attached hydrogens (tertiary/aromatic N) is 4. The third-order valence-electron chi connectivity index (χ3n) is 2.70. The van der Waals surface area contributed by atoms with Crippen LogP contribution in [0.4, 0.5) is 5.69 Å². The van der Waals surface area contributed by atoms with Gasteiger partial charge in [-0.1, -0.05) is 0 Å². The average Bonchev–Trinajstić information content (AvgIpc) is 2.77. The van der Waals surface area contributed by atoms with E-state index < -0.39 is 4.92 Å². The molecule has 0 fully saturated rings. The molecule has 0 aliphatic rings. The maximum Gasteiger partial charge on any atom is 0.269 e. The Bertz CT molecular complexity index is 767. The molecule has 0 spiro atoms. The van der Waals surface area contributed by atoms with Crippen LogP contribution < -0.4 is 0 Å². The number of pyridine rings is 1. The summed E-state index contributed by atoms with van der Waals surface area (Å²) in [6.07, 6.45) is 1.68. The van der Waals surface area contributed by atoms with Crippen LogP contribution in [0.5, 0.6) is 0 Å². The third kappa shape index (κ3) is 1.97. The number of rotatable bonds is 2. The second-order valence-corrected chi connectivity index (χ2v) is 4.60. The zero-order valence-electron chi connectivity index (χ0n) is 9.52. The fraction of sp³-hybridized carbons (Fsp3) is 0. The second-order valence-electron chi connectivity index (χ2n) is 3.85. The fourth-order valence-corrected chi connectivity index (χ4v) is 2.28. The van der Waals surface area contributed by atoms with Crippen molar-refractivity contribution in [3.8, 4) is 5.69 Å². The van der Waals surface area contributed by atoms with Crippen LogP contribution in [0.3, 0.4) is 0 Å². The highest BCUT2D eigenvalue weighted by Gasteiger charge is 2.11. The molecule has 0 unspecified atom stereocenters. The first-order chi connectivity index (χ1) is 9.16. The van der Waals surface area contributed by atoms with Crippen LogP contribution in [0, 0.1) is 10.1 Å². The molecule has 3 aromatic rings. The number of hydrogen-bond donors (Lipinski definition) is 0. The predicted octanol–water partition coefficient (Wildman–Crippen LogP) is 3.09. The number of nitro benzene ring substituents is 1. The third-order valence-corrected chi connectivity index (χ3v) is 3.29. The molecule has 2 heterocycles. The summed E-state index contributed by atoms with van der Waals surface area (Å²) < 4.78 is 2.33. The van der Waals surface area contributed by atoms with Crippen molar-refractivity contribution in [1.82, 2.24) is 14.8 Å². The lowest BCUT2D eigenvalue weighted by molar-refractivity contribution is -0.384. The molecular weight excluding hydrogens is 312 g/mol. The van der Waals surface area contributed by atoms with E-state index in [1.54, 1.807) is 23.0 Å². The molecule has 0 N–H and O–H groups in total. The van der Waals surface area contributed by atoms with E-state index in [4.69, 9.17) is 0 Å². The van der Waals surface area contributed by atoms with Crippen molar-refractivity contribution in [2.45, 2.75) is 0 Å². The molecule has 1 aromatic carbocycles. The number of benzene rings is 1. The van der Waals surface area contributed by atoms with Crippen LogP contribution in [-0.4, -0.2) is 19.7 Å². The van der Waals surface area contributed by atoms with Crippen molar-refractivity contribution in [3.63, 3.8) is 0 Å². The summed E-state index contributed by atoms with van der Waals surface area (Å²) in [5.41, 5.74) is 1.47. The Balaban J connectivity index is 2.16. The number of nitro groups is 1. The van der Waals surface area contributed by atoms with E-state index in [1.165, 1.54) is 12.1 Å². The van der Waals surface area contributed by atoms with Crippen molar-refractivity contribution >= 4 is 32.7 Å². The number of aromatic nitrogens is 3. The van der Waals surface area contributed by atoms with E-state index in [1.807, 2.05) is 12.1 Å². The van der Waals surface area contributed by atoms with Gasteiger partial charge in [0.05, 0.1) is 16.0 Å². The van der Waals surface area contributed by atoms with Crippen LogP contribution in [0.25, 0.3) is 16.7 Å². The van der Waals surface area contributed by atoms with Gasteiger partial charge in [0.2, 0.25) is 0 Å². The van der Waals surface area contributed by atoms with Gasteiger partial charge in [0.1, 0.15) is 4.60 Å². The molecule has 0 radical (unpaired) electrons.